The van der Waals surface area contributed by atoms with Crippen LogP contribution in [-0.2, 0) is 16.1 Å². The van der Waals surface area contributed by atoms with Crippen molar-refractivity contribution in [3.8, 4) is 11.5 Å². The van der Waals surface area contributed by atoms with E-state index in [4.69, 9.17) is 4.74 Å². The first kappa shape index (κ1) is 32.1. The van der Waals surface area contributed by atoms with Gasteiger partial charge in [-0.1, -0.05) is 25.5 Å². The maximum atomic E-state index is 14.3. The van der Waals surface area contributed by atoms with Gasteiger partial charge in [0, 0.05) is 38.8 Å². The van der Waals surface area contributed by atoms with Crippen LogP contribution in [0.5, 0.6) is 11.5 Å². The summed E-state index contributed by atoms with van der Waals surface area (Å²) in [5.41, 5.74) is 0.641. The fourth-order valence-electron chi connectivity index (χ4n) is 10.0. The van der Waals surface area contributed by atoms with Gasteiger partial charge in [0.15, 0.2) is 0 Å². The summed E-state index contributed by atoms with van der Waals surface area (Å²) in [5, 5.41) is 17.7. The first-order valence-electron chi connectivity index (χ1n) is 17.8. The molecule has 9 nitrogen and oxygen atoms in total. The Labute approximate surface area is 278 Å². The van der Waals surface area contributed by atoms with Crippen LogP contribution in [0, 0.1) is 23.2 Å². The lowest BCUT2D eigenvalue weighted by Crippen LogP contribution is -2.76. The highest BCUT2D eigenvalue weighted by atomic mass is 16.5. The fourth-order valence-corrected chi connectivity index (χ4v) is 10.0. The predicted molar refractivity (Wildman–Crippen MR) is 179 cm³/mol. The van der Waals surface area contributed by atoms with Gasteiger partial charge in [0.1, 0.15) is 23.1 Å². The minimum Gasteiger partial charge on any atom is -0.457 e. The number of likely N-dealkylation sites (tertiary alicyclic amines) is 1. The van der Waals surface area contributed by atoms with E-state index in [-0.39, 0.29) is 23.1 Å². The molecule has 0 aromatic heterocycles. The van der Waals surface area contributed by atoms with Crippen molar-refractivity contribution in [3.05, 3.63) is 59.7 Å². The molecule has 6 aliphatic rings. The van der Waals surface area contributed by atoms with E-state index in [9.17, 15) is 19.5 Å². The number of nitrogens with one attached hydrogen (secondary N) is 2. The Hall–Kier alpha value is -3.43. The number of carbonyl (C=O) groups excluding carboxylic acids is 3. The second kappa shape index (κ2) is 12.9. The van der Waals surface area contributed by atoms with E-state index in [0.717, 1.165) is 44.2 Å². The molecular weight excluding hydrogens is 592 g/mol. The average Bonchev–Trinajstić information content (AvgIpc) is 3.07. The summed E-state index contributed by atoms with van der Waals surface area (Å²) >= 11 is 0. The number of nitrogens with zero attached hydrogens (tertiary/aromatic N) is 2. The van der Waals surface area contributed by atoms with Crippen LogP contribution >= 0.6 is 0 Å². The first-order chi connectivity index (χ1) is 22.7. The molecule has 2 aromatic rings. The van der Waals surface area contributed by atoms with Gasteiger partial charge in [-0.3, -0.25) is 19.3 Å². The van der Waals surface area contributed by atoms with E-state index in [1.807, 2.05) is 17.0 Å². The molecule has 47 heavy (non-hydrogen) atoms. The van der Waals surface area contributed by atoms with Gasteiger partial charge in [-0.2, -0.15) is 0 Å². The Kier molecular flexibility index (Phi) is 8.81. The quantitative estimate of drug-likeness (QED) is 0.341. The van der Waals surface area contributed by atoms with Crippen LogP contribution < -0.4 is 15.4 Å². The molecule has 6 fully saturated rings. The van der Waals surface area contributed by atoms with E-state index in [1.165, 1.54) is 19.3 Å². The van der Waals surface area contributed by atoms with Crippen molar-refractivity contribution in [2.24, 2.45) is 23.2 Å². The molecule has 8 rings (SSSR count). The van der Waals surface area contributed by atoms with E-state index >= 15 is 0 Å². The van der Waals surface area contributed by atoms with Crippen molar-refractivity contribution >= 4 is 17.7 Å². The Morgan fingerprint density at radius 3 is 2.09 bits per heavy atom. The van der Waals surface area contributed by atoms with Gasteiger partial charge < -0.3 is 25.4 Å². The van der Waals surface area contributed by atoms with Crippen LogP contribution in [0.2, 0.25) is 0 Å². The van der Waals surface area contributed by atoms with Gasteiger partial charge in [-0.05, 0) is 123 Å². The molecule has 3 amide bonds. The molecule has 2 aromatic carbocycles. The van der Waals surface area contributed by atoms with Crippen LogP contribution in [0.1, 0.15) is 87.1 Å². The zero-order valence-electron chi connectivity index (χ0n) is 27.9. The number of piperazine rings is 1. The molecule has 9 heteroatoms. The standard InChI is InChI=1S/C38H50N4O5/c1-3-4-15-42-35(45)32(33(43)37-21-26-18-27(22-37)20-28(19-26)23-37)40-36(46)38(42)13-16-41(17-14-38)24-25-5-9-30(10-6-25)47-31-11-7-29(8-12-31)34(44)39-2/h5-12,26-28,32-33,43H,3-4,13-24H2,1-2H3,(H,39,44)(H,40,46)/t26?,27?,28?,32-,33+,37?/m1/s1. The highest BCUT2D eigenvalue weighted by molar-refractivity contribution is 6.00. The van der Waals surface area contributed by atoms with Crippen molar-refractivity contribution in [2.45, 2.75) is 95.4 Å². The highest BCUT2D eigenvalue weighted by Gasteiger charge is 2.60. The number of carbonyl (C=O) groups is 3. The van der Waals surface area contributed by atoms with E-state index in [2.05, 4.69) is 34.6 Å². The maximum absolute atomic E-state index is 14.3. The molecule has 0 radical (unpaired) electrons. The number of aliphatic hydroxyl groups excluding tert-OH is 1. The molecule has 1 spiro atoms. The maximum Gasteiger partial charge on any atom is 0.251 e. The molecular formula is C38H50N4O5. The smallest absolute Gasteiger partial charge is 0.251 e. The van der Waals surface area contributed by atoms with Gasteiger partial charge in [-0.15, -0.1) is 0 Å². The highest BCUT2D eigenvalue weighted by Crippen LogP contribution is 2.62. The summed E-state index contributed by atoms with van der Waals surface area (Å²) in [7, 11) is 1.61. The Morgan fingerprint density at radius 1 is 0.957 bits per heavy atom. The van der Waals surface area contributed by atoms with Gasteiger partial charge in [0.2, 0.25) is 11.8 Å². The van der Waals surface area contributed by atoms with Crippen molar-refractivity contribution < 1.29 is 24.2 Å². The van der Waals surface area contributed by atoms with Gasteiger partial charge in [-0.25, -0.2) is 0 Å². The lowest BCUT2D eigenvalue weighted by Gasteiger charge is -2.60. The zero-order valence-corrected chi connectivity index (χ0v) is 27.9. The molecule has 4 saturated carbocycles. The minimum atomic E-state index is -0.856. The summed E-state index contributed by atoms with van der Waals surface area (Å²) in [6, 6.07) is 14.2. The fraction of sp³-hybridized carbons (Fsp3) is 0.605. The lowest BCUT2D eigenvalue weighted by atomic mass is 9.47. The summed E-state index contributed by atoms with van der Waals surface area (Å²) in [5.74, 6) is 3.07. The molecule has 2 aliphatic heterocycles. The van der Waals surface area contributed by atoms with E-state index in [0.29, 0.717) is 67.3 Å². The van der Waals surface area contributed by atoms with Crippen molar-refractivity contribution in [3.63, 3.8) is 0 Å². The largest absolute Gasteiger partial charge is 0.457 e. The predicted octanol–water partition coefficient (Wildman–Crippen LogP) is 4.88. The summed E-state index contributed by atoms with van der Waals surface area (Å²) < 4.78 is 5.98. The number of amides is 3. The number of piperidine rings is 1. The number of unbranched alkanes of at least 4 members (excludes halogenated alkanes) is 1. The molecule has 2 saturated heterocycles. The first-order valence-corrected chi connectivity index (χ1v) is 17.8. The van der Waals surface area contributed by atoms with Gasteiger partial charge in [0.25, 0.3) is 5.91 Å². The Morgan fingerprint density at radius 2 is 1.53 bits per heavy atom. The summed E-state index contributed by atoms with van der Waals surface area (Å²) in [6.45, 7) is 4.84. The topological polar surface area (TPSA) is 111 Å². The number of benzene rings is 2. The average molecular weight is 643 g/mol. The van der Waals surface area contributed by atoms with E-state index in [1.54, 1.807) is 31.3 Å². The number of aliphatic hydroxyl groups is 1. The van der Waals surface area contributed by atoms with Crippen molar-refractivity contribution in [1.82, 2.24) is 20.4 Å². The van der Waals surface area contributed by atoms with Crippen LogP contribution in [0.15, 0.2) is 48.5 Å². The number of hydrogen-bond acceptors (Lipinski definition) is 6. The van der Waals surface area contributed by atoms with Gasteiger partial charge >= 0.3 is 0 Å². The number of hydrogen-bond donors (Lipinski definition) is 3. The van der Waals surface area contributed by atoms with Crippen molar-refractivity contribution in [1.29, 1.82) is 0 Å². The normalized spacial score (nSPS) is 30.3. The van der Waals surface area contributed by atoms with Crippen LogP contribution in [0.3, 0.4) is 0 Å². The Bertz CT molecular complexity index is 1430. The molecule has 4 aliphatic carbocycles. The second-order valence-electron chi connectivity index (χ2n) is 15.2. The summed E-state index contributed by atoms with van der Waals surface area (Å²) in [4.78, 5) is 44.4. The van der Waals surface area contributed by atoms with Crippen LogP contribution in [-0.4, -0.2) is 77.0 Å². The SMILES string of the molecule is CCCCN1C(=O)[C@@H]([C@H](O)C23CC4CC(CC(C4)C2)C3)NC(=O)C12CCN(Cc1ccc(Oc3ccc(C(=O)NC)cc3)cc1)CC2. The molecule has 252 valence electrons. The van der Waals surface area contributed by atoms with Gasteiger partial charge in [0.05, 0.1) is 6.10 Å². The molecule has 2 heterocycles. The number of ether oxygens (including phenoxy) is 1. The zero-order chi connectivity index (χ0) is 32.8. The lowest BCUT2D eigenvalue weighted by molar-refractivity contribution is -0.175. The van der Waals surface area contributed by atoms with E-state index < -0.39 is 17.7 Å². The second-order valence-corrected chi connectivity index (χ2v) is 15.2. The third-order valence-electron chi connectivity index (χ3n) is 12.1. The minimum absolute atomic E-state index is 0.0754. The molecule has 2 atom stereocenters. The van der Waals surface area contributed by atoms with Crippen LogP contribution in [0.25, 0.3) is 0 Å². The monoisotopic (exact) mass is 642 g/mol. The number of rotatable bonds is 10. The third kappa shape index (κ3) is 6.06. The molecule has 0 unspecified atom stereocenters. The van der Waals surface area contributed by atoms with Crippen molar-refractivity contribution in [2.75, 3.05) is 26.7 Å². The third-order valence-corrected chi connectivity index (χ3v) is 12.1. The molecule has 3 N–H and O–H groups in total. The van der Waals surface area contributed by atoms with Crippen LogP contribution in [0.4, 0.5) is 0 Å². The molecule has 4 bridgehead atoms. The summed E-state index contributed by atoms with van der Waals surface area (Å²) in [6.07, 6.45) is 8.93. The Balaban J connectivity index is 0.987.